The molecule has 144 valence electrons. The maximum Gasteiger partial charge on any atom is 0.193 e. The van der Waals surface area contributed by atoms with E-state index in [4.69, 9.17) is 0 Å². The first-order chi connectivity index (χ1) is 13.8. The minimum absolute atomic E-state index is 0.836. The molecule has 6 heteroatoms. The van der Waals surface area contributed by atoms with Crippen LogP contribution in [0.4, 0.5) is 5.82 Å². The van der Waals surface area contributed by atoms with Gasteiger partial charge in [-0.1, -0.05) is 30.3 Å². The van der Waals surface area contributed by atoms with E-state index in [-0.39, 0.29) is 0 Å². The third-order valence-corrected chi connectivity index (χ3v) is 5.16. The van der Waals surface area contributed by atoms with E-state index >= 15 is 0 Å². The molecule has 0 amide bonds. The van der Waals surface area contributed by atoms with Gasteiger partial charge in [-0.15, -0.1) is 0 Å². The number of aromatic nitrogens is 2. The molecule has 1 aromatic carbocycles. The third kappa shape index (κ3) is 4.06. The number of benzene rings is 1. The van der Waals surface area contributed by atoms with Crippen LogP contribution in [0.5, 0.6) is 0 Å². The lowest BCUT2D eigenvalue weighted by atomic mass is 10.1. The van der Waals surface area contributed by atoms with E-state index in [1.165, 1.54) is 10.9 Å². The molecule has 0 spiro atoms. The number of nitrogens with zero attached hydrogens (tertiary/aromatic N) is 5. The van der Waals surface area contributed by atoms with Crippen molar-refractivity contribution in [3.8, 4) is 0 Å². The number of anilines is 1. The van der Waals surface area contributed by atoms with Crippen molar-refractivity contribution in [2.24, 2.45) is 4.99 Å². The first-order valence-corrected chi connectivity index (χ1v) is 9.79. The van der Waals surface area contributed by atoms with E-state index in [1.807, 2.05) is 37.6 Å². The second-order valence-electron chi connectivity index (χ2n) is 6.88. The number of aliphatic imine (C=N–C) groups is 1. The predicted octanol–water partition coefficient (Wildman–Crippen LogP) is 2.57. The van der Waals surface area contributed by atoms with Gasteiger partial charge in [0.2, 0.25) is 0 Å². The standard InChI is InChI=1S/C22H26N6/c1-23-22(28-16-14-27(15-17-28)20-9-2-3-11-24-20)26-13-10-19-7-4-6-18-8-5-12-25-21(18)19/h2-9,11-12H,10,13-17H2,1H3,(H,23,26). The van der Waals surface area contributed by atoms with Gasteiger partial charge in [-0.25, -0.2) is 4.98 Å². The second-order valence-corrected chi connectivity index (χ2v) is 6.88. The van der Waals surface area contributed by atoms with Crippen LogP contribution in [-0.4, -0.2) is 60.6 Å². The number of hydrogen-bond acceptors (Lipinski definition) is 4. The number of hydrogen-bond donors (Lipinski definition) is 1. The molecule has 1 N–H and O–H groups in total. The summed E-state index contributed by atoms with van der Waals surface area (Å²) >= 11 is 0. The van der Waals surface area contributed by atoms with Gasteiger partial charge in [0.15, 0.2) is 5.96 Å². The van der Waals surface area contributed by atoms with E-state index in [0.29, 0.717) is 0 Å². The van der Waals surface area contributed by atoms with Crippen molar-refractivity contribution in [2.75, 3.05) is 44.7 Å². The second kappa shape index (κ2) is 8.69. The lowest BCUT2D eigenvalue weighted by molar-refractivity contribution is 0.372. The van der Waals surface area contributed by atoms with E-state index in [9.17, 15) is 0 Å². The fraction of sp³-hybridized carbons (Fsp3) is 0.318. The zero-order valence-corrected chi connectivity index (χ0v) is 16.3. The van der Waals surface area contributed by atoms with Gasteiger partial charge >= 0.3 is 0 Å². The summed E-state index contributed by atoms with van der Waals surface area (Å²) < 4.78 is 0. The third-order valence-electron chi connectivity index (χ3n) is 5.16. The summed E-state index contributed by atoms with van der Waals surface area (Å²) in [6.07, 6.45) is 4.63. The van der Waals surface area contributed by atoms with Gasteiger partial charge in [0, 0.05) is 57.6 Å². The fourth-order valence-electron chi connectivity index (χ4n) is 3.70. The van der Waals surface area contributed by atoms with Crippen LogP contribution >= 0.6 is 0 Å². The summed E-state index contributed by atoms with van der Waals surface area (Å²) in [7, 11) is 1.85. The molecule has 1 aliphatic rings. The molecular formula is C22H26N6. The lowest BCUT2D eigenvalue weighted by Gasteiger charge is -2.37. The summed E-state index contributed by atoms with van der Waals surface area (Å²) in [6.45, 7) is 4.61. The van der Waals surface area contributed by atoms with Crippen LogP contribution in [0, 0.1) is 0 Å². The molecule has 3 heterocycles. The summed E-state index contributed by atoms with van der Waals surface area (Å²) in [5.41, 5.74) is 2.35. The molecule has 0 bridgehead atoms. The molecule has 1 aliphatic heterocycles. The van der Waals surface area contributed by atoms with Gasteiger partial charge in [-0.3, -0.25) is 9.98 Å². The summed E-state index contributed by atoms with van der Waals surface area (Å²) in [5, 5.41) is 4.71. The van der Waals surface area contributed by atoms with Crippen LogP contribution in [0.2, 0.25) is 0 Å². The maximum atomic E-state index is 4.55. The lowest BCUT2D eigenvalue weighted by Crippen LogP contribution is -2.53. The smallest absolute Gasteiger partial charge is 0.193 e. The minimum atomic E-state index is 0.836. The fourth-order valence-corrected chi connectivity index (χ4v) is 3.70. The van der Waals surface area contributed by atoms with Crippen LogP contribution in [-0.2, 0) is 6.42 Å². The SMILES string of the molecule is CN=C(NCCc1cccc2cccnc12)N1CCN(c2ccccn2)CC1. The Bertz CT molecular complexity index is 927. The molecule has 0 radical (unpaired) electrons. The van der Waals surface area contributed by atoms with Crippen molar-refractivity contribution in [3.05, 3.63) is 66.5 Å². The number of piperazine rings is 1. The number of fused-ring (bicyclic) bond motifs is 1. The van der Waals surface area contributed by atoms with Crippen LogP contribution in [0.25, 0.3) is 10.9 Å². The zero-order valence-electron chi connectivity index (χ0n) is 16.3. The number of nitrogens with one attached hydrogen (secondary N) is 1. The van der Waals surface area contributed by atoms with Crippen molar-refractivity contribution >= 4 is 22.7 Å². The van der Waals surface area contributed by atoms with E-state index in [0.717, 1.165) is 56.4 Å². The van der Waals surface area contributed by atoms with Gasteiger partial charge in [0.25, 0.3) is 0 Å². The Balaban J connectivity index is 1.32. The normalized spacial score (nSPS) is 15.1. The van der Waals surface area contributed by atoms with Gasteiger partial charge in [0.05, 0.1) is 5.52 Å². The highest BCUT2D eigenvalue weighted by atomic mass is 15.4. The van der Waals surface area contributed by atoms with Gasteiger partial charge in [-0.2, -0.15) is 0 Å². The highest BCUT2D eigenvalue weighted by Gasteiger charge is 2.20. The van der Waals surface area contributed by atoms with Crippen molar-refractivity contribution in [1.29, 1.82) is 0 Å². The van der Waals surface area contributed by atoms with E-state index in [1.54, 1.807) is 0 Å². The molecular weight excluding hydrogens is 348 g/mol. The number of rotatable bonds is 4. The quantitative estimate of drug-likeness (QED) is 0.562. The molecule has 28 heavy (non-hydrogen) atoms. The highest BCUT2D eigenvalue weighted by molar-refractivity contribution is 5.82. The molecule has 2 aromatic heterocycles. The van der Waals surface area contributed by atoms with Crippen molar-refractivity contribution < 1.29 is 0 Å². The van der Waals surface area contributed by atoms with Crippen LogP contribution in [0.15, 0.2) is 65.9 Å². The number of para-hydroxylation sites is 1. The summed E-state index contributed by atoms with van der Waals surface area (Å²) in [6, 6.07) is 16.5. The highest BCUT2D eigenvalue weighted by Crippen LogP contribution is 2.16. The predicted molar refractivity (Wildman–Crippen MR) is 115 cm³/mol. The largest absolute Gasteiger partial charge is 0.356 e. The van der Waals surface area contributed by atoms with Crippen LogP contribution < -0.4 is 10.2 Å². The molecule has 0 aliphatic carbocycles. The van der Waals surface area contributed by atoms with Gasteiger partial charge in [0.1, 0.15) is 5.82 Å². The average molecular weight is 374 g/mol. The monoisotopic (exact) mass is 374 g/mol. The first kappa shape index (κ1) is 18.2. The molecule has 0 unspecified atom stereocenters. The Labute approximate surface area is 165 Å². The Hall–Kier alpha value is -3.15. The first-order valence-electron chi connectivity index (χ1n) is 9.79. The Morgan fingerprint density at radius 1 is 0.964 bits per heavy atom. The summed E-state index contributed by atoms with van der Waals surface area (Å²) in [4.78, 5) is 18.1. The van der Waals surface area contributed by atoms with Crippen molar-refractivity contribution in [1.82, 2.24) is 20.2 Å². The van der Waals surface area contributed by atoms with Crippen molar-refractivity contribution in [2.45, 2.75) is 6.42 Å². The van der Waals surface area contributed by atoms with E-state index < -0.39 is 0 Å². The average Bonchev–Trinajstić information content (AvgIpc) is 2.78. The van der Waals surface area contributed by atoms with Crippen LogP contribution in [0.1, 0.15) is 5.56 Å². The molecule has 0 atom stereocenters. The Morgan fingerprint density at radius 2 is 1.79 bits per heavy atom. The van der Waals surface area contributed by atoms with Crippen LogP contribution in [0.3, 0.4) is 0 Å². The zero-order chi connectivity index (χ0) is 19.2. The van der Waals surface area contributed by atoms with E-state index in [2.05, 4.69) is 60.4 Å². The maximum absolute atomic E-state index is 4.55. The number of pyridine rings is 2. The molecule has 1 saturated heterocycles. The minimum Gasteiger partial charge on any atom is -0.356 e. The molecule has 0 saturated carbocycles. The van der Waals surface area contributed by atoms with Gasteiger partial charge < -0.3 is 15.1 Å². The molecule has 6 nitrogen and oxygen atoms in total. The summed E-state index contributed by atoms with van der Waals surface area (Å²) in [5.74, 6) is 2.02. The molecule has 1 fully saturated rings. The molecule has 3 aromatic rings. The van der Waals surface area contributed by atoms with Crippen molar-refractivity contribution in [3.63, 3.8) is 0 Å². The van der Waals surface area contributed by atoms with Gasteiger partial charge in [-0.05, 0) is 30.2 Å². The Morgan fingerprint density at radius 3 is 2.57 bits per heavy atom. The Kier molecular flexibility index (Phi) is 5.66. The number of guanidine groups is 1. The topological polar surface area (TPSA) is 56.7 Å². The molecule has 4 rings (SSSR count).